The highest BCUT2D eigenvalue weighted by Gasteiger charge is 2.19. The largest absolute Gasteiger partial charge is 0.506 e. The fourth-order valence-electron chi connectivity index (χ4n) is 1.34. The first kappa shape index (κ1) is 12.0. The lowest BCUT2D eigenvalue weighted by Gasteiger charge is -2.12. The molecular formula is C10H12BrNO3. The summed E-state index contributed by atoms with van der Waals surface area (Å²) in [5.41, 5.74) is 6.60. The number of aryl methyl sites for hydroxylation is 1. The zero-order valence-corrected chi connectivity index (χ0v) is 9.78. The number of carbonyl (C=O) groups is 1. The lowest BCUT2D eigenvalue weighted by atomic mass is 9.97. The van der Waals surface area contributed by atoms with E-state index in [0.717, 1.165) is 0 Å². The molecule has 0 aliphatic rings. The molecule has 0 aliphatic carbocycles. The van der Waals surface area contributed by atoms with Crippen molar-refractivity contribution in [1.82, 2.24) is 0 Å². The van der Waals surface area contributed by atoms with Gasteiger partial charge in [0.2, 0.25) is 0 Å². The molecule has 1 rings (SSSR count). The van der Waals surface area contributed by atoms with E-state index in [9.17, 15) is 9.90 Å². The molecule has 0 bridgehead atoms. The van der Waals surface area contributed by atoms with Gasteiger partial charge in [0.15, 0.2) is 0 Å². The van der Waals surface area contributed by atoms with E-state index in [2.05, 4.69) is 15.9 Å². The molecule has 1 aromatic rings. The van der Waals surface area contributed by atoms with Crippen LogP contribution in [-0.4, -0.2) is 22.7 Å². The van der Waals surface area contributed by atoms with Crippen molar-refractivity contribution in [3.05, 3.63) is 27.7 Å². The highest BCUT2D eigenvalue weighted by atomic mass is 79.9. The average molecular weight is 274 g/mol. The Kier molecular flexibility index (Phi) is 3.71. The average Bonchev–Trinajstić information content (AvgIpc) is 2.14. The van der Waals surface area contributed by atoms with E-state index in [0.29, 0.717) is 15.6 Å². The predicted octanol–water partition coefficient (Wildman–Crippen LogP) is 1.59. The van der Waals surface area contributed by atoms with E-state index in [4.69, 9.17) is 10.8 Å². The predicted molar refractivity (Wildman–Crippen MR) is 60.0 cm³/mol. The van der Waals surface area contributed by atoms with Crippen molar-refractivity contribution in [2.75, 3.05) is 6.54 Å². The number of hydrogen-bond donors (Lipinski definition) is 3. The molecule has 0 saturated carbocycles. The van der Waals surface area contributed by atoms with Crippen LogP contribution in [0.5, 0.6) is 5.75 Å². The molecule has 0 saturated heterocycles. The Bertz CT molecular complexity index is 369. The number of halogens is 1. The van der Waals surface area contributed by atoms with Crippen LogP contribution in [0.2, 0.25) is 0 Å². The summed E-state index contributed by atoms with van der Waals surface area (Å²) in [6.07, 6.45) is 0. The monoisotopic (exact) mass is 273 g/mol. The second-order valence-electron chi connectivity index (χ2n) is 3.29. The van der Waals surface area contributed by atoms with Crippen LogP contribution < -0.4 is 5.73 Å². The van der Waals surface area contributed by atoms with Gasteiger partial charge in [0.05, 0.1) is 10.4 Å². The summed E-state index contributed by atoms with van der Waals surface area (Å²) in [5, 5.41) is 18.4. The summed E-state index contributed by atoms with van der Waals surface area (Å²) < 4.78 is 0.484. The number of phenolic OH excluding ortho intramolecular Hbond substituents is 1. The van der Waals surface area contributed by atoms with Crippen molar-refractivity contribution in [2.24, 2.45) is 5.73 Å². The maximum atomic E-state index is 10.9. The second-order valence-corrected chi connectivity index (χ2v) is 4.15. The number of carboxylic acid groups (broad SMARTS) is 1. The highest BCUT2D eigenvalue weighted by molar-refractivity contribution is 9.10. The van der Waals surface area contributed by atoms with Crippen molar-refractivity contribution in [3.8, 4) is 5.75 Å². The Morgan fingerprint density at radius 1 is 1.60 bits per heavy atom. The van der Waals surface area contributed by atoms with Crippen LogP contribution in [0.25, 0.3) is 0 Å². The molecule has 1 unspecified atom stereocenters. The van der Waals surface area contributed by atoms with E-state index >= 15 is 0 Å². The summed E-state index contributed by atoms with van der Waals surface area (Å²) in [5.74, 6) is -1.57. The van der Waals surface area contributed by atoms with E-state index in [-0.39, 0.29) is 12.3 Å². The molecule has 5 heteroatoms. The molecule has 0 aliphatic heterocycles. The van der Waals surface area contributed by atoms with Crippen molar-refractivity contribution in [2.45, 2.75) is 12.8 Å². The number of carboxylic acids is 1. The minimum Gasteiger partial charge on any atom is -0.506 e. The van der Waals surface area contributed by atoms with E-state index in [1.165, 1.54) is 0 Å². The van der Waals surface area contributed by atoms with Crippen LogP contribution >= 0.6 is 15.9 Å². The third-order valence-corrected chi connectivity index (χ3v) is 2.82. The van der Waals surface area contributed by atoms with E-state index in [1.807, 2.05) is 0 Å². The number of phenols is 1. The third kappa shape index (κ3) is 2.49. The molecule has 82 valence electrons. The van der Waals surface area contributed by atoms with Gasteiger partial charge in [-0.3, -0.25) is 4.79 Å². The Labute approximate surface area is 95.8 Å². The minimum atomic E-state index is -0.963. The smallest absolute Gasteiger partial charge is 0.312 e. The minimum absolute atomic E-state index is 0.0337. The molecular weight excluding hydrogens is 262 g/mol. The lowest BCUT2D eigenvalue weighted by Crippen LogP contribution is -2.21. The molecule has 15 heavy (non-hydrogen) atoms. The van der Waals surface area contributed by atoms with Crippen LogP contribution in [0.1, 0.15) is 17.0 Å². The zero-order chi connectivity index (χ0) is 11.6. The number of hydrogen-bond acceptors (Lipinski definition) is 3. The van der Waals surface area contributed by atoms with Gasteiger partial charge in [-0.1, -0.05) is 6.07 Å². The Morgan fingerprint density at radius 3 is 2.60 bits per heavy atom. The number of rotatable bonds is 3. The third-order valence-electron chi connectivity index (χ3n) is 2.21. The van der Waals surface area contributed by atoms with E-state index in [1.54, 1.807) is 19.1 Å². The Balaban J connectivity index is 3.20. The second kappa shape index (κ2) is 4.63. The molecule has 0 aromatic heterocycles. The normalized spacial score (nSPS) is 12.5. The number of nitrogens with two attached hydrogens (primary N) is 1. The molecule has 0 amide bonds. The molecule has 4 N–H and O–H groups in total. The SMILES string of the molecule is Cc1cc(C(CN)C(=O)O)cc(Br)c1O. The van der Waals surface area contributed by atoms with Gasteiger partial charge in [0, 0.05) is 6.54 Å². The summed E-state index contributed by atoms with van der Waals surface area (Å²) in [6, 6.07) is 3.21. The van der Waals surface area contributed by atoms with Gasteiger partial charge in [-0.25, -0.2) is 0 Å². The van der Waals surface area contributed by atoms with Crippen LogP contribution in [-0.2, 0) is 4.79 Å². The van der Waals surface area contributed by atoms with E-state index < -0.39 is 11.9 Å². The van der Waals surface area contributed by atoms with Gasteiger partial charge in [0.1, 0.15) is 5.75 Å². The van der Waals surface area contributed by atoms with Crippen LogP contribution in [0.15, 0.2) is 16.6 Å². The van der Waals surface area contributed by atoms with Crippen LogP contribution in [0.3, 0.4) is 0 Å². The van der Waals surface area contributed by atoms with Gasteiger partial charge in [-0.2, -0.15) is 0 Å². The molecule has 0 radical (unpaired) electrons. The maximum absolute atomic E-state index is 10.9. The quantitative estimate of drug-likeness (QED) is 0.781. The van der Waals surface area contributed by atoms with Crippen molar-refractivity contribution in [1.29, 1.82) is 0 Å². The van der Waals surface area contributed by atoms with Crippen LogP contribution in [0.4, 0.5) is 0 Å². The first-order valence-corrected chi connectivity index (χ1v) is 5.18. The van der Waals surface area contributed by atoms with Crippen molar-refractivity contribution < 1.29 is 15.0 Å². The first-order valence-electron chi connectivity index (χ1n) is 4.39. The first-order chi connectivity index (χ1) is 6.97. The van der Waals surface area contributed by atoms with Gasteiger partial charge in [-0.05, 0) is 40.0 Å². The summed E-state index contributed by atoms with van der Waals surface area (Å²) in [7, 11) is 0. The molecule has 0 heterocycles. The summed E-state index contributed by atoms with van der Waals surface area (Å²) in [6.45, 7) is 1.74. The fraction of sp³-hybridized carbons (Fsp3) is 0.300. The van der Waals surface area contributed by atoms with Gasteiger partial charge in [-0.15, -0.1) is 0 Å². The molecule has 0 spiro atoms. The van der Waals surface area contributed by atoms with Gasteiger partial charge < -0.3 is 15.9 Å². The fourth-order valence-corrected chi connectivity index (χ4v) is 1.92. The molecule has 4 nitrogen and oxygen atoms in total. The molecule has 0 fully saturated rings. The molecule has 1 aromatic carbocycles. The van der Waals surface area contributed by atoms with Crippen molar-refractivity contribution in [3.63, 3.8) is 0 Å². The van der Waals surface area contributed by atoms with Crippen LogP contribution in [0, 0.1) is 6.92 Å². The molecule has 1 atom stereocenters. The maximum Gasteiger partial charge on any atom is 0.312 e. The van der Waals surface area contributed by atoms with Gasteiger partial charge >= 0.3 is 5.97 Å². The summed E-state index contributed by atoms with van der Waals surface area (Å²) >= 11 is 3.16. The topological polar surface area (TPSA) is 83.6 Å². The Morgan fingerprint density at radius 2 is 2.20 bits per heavy atom. The van der Waals surface area contributed by atoms with Crippen molar-refractivity contribution >= 4 is 21.9 Å². The highest BCUT2D eigenvalue weighted by Crippen LogP contribution is 2.31. The standard InChI is InChI=1S/C10H12BrNO3/c1-5-2-6(3-8(11)9(5)13)7(4-12)10(14)15/h2-3,7,13H,4,12H2,1H3,(H,14,15). The zero-order valence-electron chi connectivity index (χ0n) is 8.20. The number of aliphatic carboxylic acids is 1. The lowest BCUT2D eigenvalue weighted by molar-refractivity contribution is -0.138. The Hall–Kier alpha value is -1.07. The summed E-state index contributed by atoms with van der Waals surface area (Å²) in [4.78, 5) is 10.9. The van der Waals surface area contributed by atoms with Gasteiger partial charge in [0.25, 0.3) is 0 Å². The number of aromatic hydroxyl groups is 1. The number of benzene rings is 1.